The Morgan fingerprint density at radius 3 is 1.45 bits per heavy atom. The zero-order chi connectivity index (χ0) is 41.6. The highest BCUT2D eigenvalue weighted by molar-refractivity contribution is 5.73. The van der Waals surface area contributed by atoms with Crippen LogP contribution in [-0.2, 0) is 47.5 Å². The molecule has 25 nitrogen and oxygen atoms in total. The quantitative estimate of drug-likeness (QED) is 0.0687. The molecule has 0 aromatic heterocycles. The van der Waals surface area contributed by atoms with E-state index in [9.17, 15) is 76.0 Å². The highest BCUT2D eigenvalue weighted by Crippen LogP contribution is 2.35. The molecule has 15 N–H and O–H groups in total. The molecule has 0 spiro atoms. The van der Waals surface area contributed by atoms with E-state index < -0.39 is 180 Å². The van der Waals surface area contributed by atoms with Crippen molar-refractivity contribution in [1.29, 1.82) is 0 Å². The summed E-state index contributed by atoms with van der Waals surface area (Å²) >= 11 is 0. The number of aliphatic hydroxyl groups is 13. The topological polar surface area (TPSA) is 395 Å². The lowest BCUT2D eigenvalue weighted by atomic mass is 9.94. The predicted molar refractivity (Wildman–Crippen MR) is 174 cm³/mol. The van der Waals surface area contributed by atoms with Crippen LogP contribution in [0.4, 0.5) is 0 Å². The average molecular weight is 823 g/mol. The smallest absolute Gasteiger partial charge is 0.217 e. The fraction of sp³-hybridized carbons (Fsp3) is 0.935. The Morgan fingerprint density at radius 2 is 0.929 bits per heavy atom. The first kappa shape index (κ1) is 46.8. The summed E-state index contributed by atoms with van der Waals surface area (Å²) in [6.45, 7) is -2.73. The number of hydrogen-bond donors (Lipinski definition) is 15. The van der Waals surface area contributed by atoms with Gasteiger partial charge in [0.1, 0.15) is 104 Å². The summed E-state index contributed by atoms with van der Waals surface area (Å²) < 4.78 is 45.6. The summed E-state index contributed by atoms with van der Waals surface area (Å²) in [5.74, 6) is -1.51. The largest absolute Gasteiger partial charge is 0.394 e. The molecular weight excluding hydrogens is 768 g/mol. The molecule has 25 heteroatoms. The number of carbonyl (C=O) groups is 2. The molecule has 0 bridgehead atoms. The van der Waals surface area contributed by atoms with E-state index in [1.54, 1.807) is 0 Å². The molecule has 4 heterocycles. The van der Waals surface area contributed by atoms with Gasteiger partial charge in [0.25, 0.3) is 0 Å². The molecule has 21 atom stereocenters. The Kier molecular flexibility index (Phi) is 17.4. The van der Waals surface area contributed by atoms with Crippen molar-refractivity contribution < 1.29 is 114 Å². The number of hydrogen-bond acceptors (Lipinski definition) is 23. The summed E-state index contributed by atoms with van der Waals surface area (Å²) in [4.78, 5) is 24.5. The van der Waals surface area contributed by atoms with Crippen LogP contribution in [0.1, 0.15) is 13.8 Å². The maximum Gasteiger partial charge on any atom is 0.217 e. The number of rotatable bonds is 16. The molecule has 56 heavy (non-hydrogen) atoms. The normalized spacial score (nSPS) is 45.2. The van der Waals surface area contributed by atoms with Crippen molar-refractivity contribution in [3.63, 3.8) is 0 Å². The van der Waals surface area contributed by atoms with Gasteiger partial charge in [-0.25, -0.2) is 0 Å². The number of aliphatic hydroxyl groups excluding tert-OH is 13. The Labute approximate surface area is 318 Å². The van der Waals surface area contributed by atoms with E-state index in [0.717, 1.165) is 13.8 Å². The van der Waals surface area contributed by atoms with Crippen LogP contribution in [0.5, 0.6) is 0 Å². The van der Waals surface area contributed by atoms with Crippen molar-refractivity contribution in [2.24, 2.45) is 0 Å². The second-order valence-corrected chi connectivity index (χ2v) is 13.8. The van der Waals surface area contributed by atoms with Gasteiger partial charge < -0.3 is 115 Å². The lowest BCUT2D eigenvalue weighted by Crippen LogP contribution is -2.70. The lowest BCUT2D eigenvalue weighted by molar-refractivity contribution is -0.379. The van der Waals surface area contributed by atoms with E-state index in [1.807, 2.05) is 0 Å². The molecule has 0 aromatic carbocycles. The summed E-state index contributed by atoms with van der Waals surface area (Å²) in [5.41, 5.74) is 0. The molecule has 4 rings (SSSR count). The molecule has 4 fully saturated rings. The monoisotopic (exact) mass is 822 g/mol. The average Bonchev–Trinajstić information content (AvgIpc) is 3.16. The van der Waals surface area contributed by atoms with E-state index in [-0.39, 0.29) is 0 Å². The van der Waals surface area contributed by atoms with Gasteiger partial charge >= 0.3 is 0 Å². The van der Waals surface area contributed by atoms with Crippen molar-refractivity contribution in [2.45, 2.75) is 143 Å². The van der Waals surface area contributed by atoms with E-state index in [4.69, 9.17) is 37.9 Å². The fourth-order valence-electron chi connectivity index (χ4n) is 6.71. The van der Waals surface area contributed by atoms with Crippen molar-refractivity contribution >= 4 is 11.8 Å². The number of amides is 2. The molecule has 4 aliphatic rings. The number of ether oxygens (including phenoxy) is 8. The van der Waals surface area contributed by atoms with Crippen LogP contribution in [-0.4, -0.2) is 247 Å². The highest BCUT2D eigenvalue weighted by atomic mass is 16.8. The van der Waals surface area contributed by atoms with Crippen molar-refractivity contribution in [3.05, 3.63) is 0 Å². The van der Waals surface area contributed by atoms with Crippen LogP contribution < -0.4 is 10.6 Å². The standard InChI is InChI=1S/C31H54N2O23/c1-9(39)32-16-22(46)18(42)12(4-35)50-28(16)55-26-21(45)15(7-38)52-30(24(26)48)54-25-17(33-10(2)40)29(51-14(6-37)20(25)44)56-27-23(47)19(43)13(5-36)53-31(27)49-8-11(41)3-34/h11-31,34-38,41-48H,3-8H2,1-2H3,(H,32,39)(H,33,40)/t11?,12-,13-,14-,15-,16-,17-,18-,19+,20-,21+,22-,23+,24-,25-,26+,27-,28+,29+,30-,31-/m1/s1. The van der Waals surface area contributed by atoms with Gasteiger partial charge in [-0.3, -0.25) is 9.59 Å². The highest BCUT2D eigenvalue weighted by Gasteiger charge is 2.56. The second-order valence-electron chi connectivity index (χ2n) is 13.8. The van der Waals surface area contributed by atoms with E-state index >= 15 is 0 Å². The Hall–Kier alpha value is -1.90. The number of carbonyl (C=O) groups excluding carboxylic acids is 2. The van der Waals surface area contributed by atoms with Gasteiger partial charge in [0, 0.05) is 13.8 Å². The molecule has 1 unspecified atom stereocenters. The van der Waals surface area contributed by atoms with E-state index in [1.165, 1.54) is 0 Å². The first-order valence-corrected chi connectivity index (χ1v) is 17.7. The zero-order valence-electron chi connectivity index (χ0n) is 30.3. The van der Waals surface area contributed by atoms with Gasteiger partial charge in [-0.2, -0.15) is 0 Å². The Morgan fingerprint density at radius 1 is 0.518 bits per heavy atom. The first-order valence-electron chi connectivity index (χ1n) is 17.7. The minimum Gasteiger partial charge on any atom is -0.394 e. The van der Waals surface area contributed by atoms with Gasteiger partial charge in [0.15, 0.2) is 25.2 Å². The Balaban J connectivity index is 1.65. The van der Waals surface area contributed by atoms with Crippen LogP contribution in [0.2, 0.25) is 0 Å². The minimum absolute atomic E-state index is 0.595. The van der Waals surface area contributed by atoms with Gasteiger partial charge in [-0.1, -0.05) is 0 Å². The second kappa shape index (κ2) is 20.9. The van der Waals surface area contributed by atoms with Gasteiger partial charge in [-0.15, -0.1) is 0 Å². The van der Waals surface area contributed by atoms with Crippen molar-refractivity contribution in [1.82, 2.24) is 10.6 Å². The van der Waals surface area contributed by atoms with Crippen LogP contribution in [0.25, 0.3) is 0 Å². The van der Waals surface area contributed by atoms with E-state index in [2.05, 4.69) is 10.6 Å². The summed E-state index contributed by atoms with van der Waals surface area (Å²) in [5, 5.41) is 140. The molecule has 4 aliphatic heterocycles. The molecule has 0 aromatic rings. The maximum absolute atomic E-state index is 12.5. The van der Waals surface area contributed by atoms with Crippen LogP contribution in [0.15, 0.2) is 0 Å². The first-order chi connectivity index (χ1) is 26.5. The summed E-state index contributed by atoms with van der Waals surface area (Å²) in [7, 11) is 0. The number of nitrogens with one attached hydrogen (secondary N) is 2. The van der Waals surface area contributed by atoms with Crippen molar-refractivity contribution in [2.75, 3.05) is 39.6 Å². The minimum atomic E-state index is -2.10. The molecule has 0 aliphatic carbocycles. The third kappa shape index (κ3) is 10.6. The fourth-order valence-corrected chi connectivity index (χ4v) is 6.71. The maximum atomic E-state index is 12.5. The van der Waals surface area contributed by atoms with Gasteiger partial charge in [0.2, 0.25) is 11.8 Å². The van der Waals surface area contributed by atoms with Crippen LogP contribution in [0, 0.1) is 0 Å². The molecule has 0 saturated carbocycles. The van der Waals surface area contributed by atoms with Gasteiger partial charge in [0.05, 0.1) is 39.6 Å². The summed E-state index contributed by atoms with van der Waals surface area (Å²) in [6.07, 6.45) is -33.4. The van der Waals surface area contributed by atoms with Crippen molar-refractivity contribution in [3.8, 4) is 0 Å². The third-order valence-corrected chi connectivity index (χ3v) is 9.66. The Bertz CT molecular complexity index is 1240. The molecule has 0 radical (unpaired) electrons. The van der Waals surface area contributed by atoms with E-state index in [0.29, 0.717) is 0 Å². The van der Waals surface area contributed by atoms with Gasteiger partial charge in [-0.05, 0) is 0 Å². The van der Waals surface area contributed by atoms with Crippen LogP contribution in [0.3, 0.4) is 0 Å². The SMILES string of the molecule is CC(=O)N[C@H]1[C@H](O[C@H]2[C@@H](O)[C@@H](CO)O[C@H](O[C@H]3[C@H](O)[C@@H](CO)O[C@@H](O[C@H]4[C@H](OCC(O)CO)O[C@H](CO)[C@H](O)[C@@H]4O)[C@@H]3NC(C)=O)[C@@H]2O)O[C@H](CO)[C@@H](O)[C@@H]1O. The zero-order valence-corrected chi connectivity index (χ0v) is 30.3. The van der Waals surface area contributed by atoms with Crippen LogP contribution >= 0.6 is 0 Å². The predicted octanol–water partition coefficient (Wildman–Crippen LogP) is -10.1. The molecular formula is C31H54N2O23. The molecule has 2 amide bonds. The molecule has 326 valence electrons. The molecule has 4 saturated heterocycles. The lowest BCUT2D eigenvalue weighted by Gasteiger charge is -2.50. The third-order valence-electron chi connectivity index (χ3n) is 9.66. The summed E-state index contributed by atoms with van der Waals surface area (Å²) in [6, 6.07) is -3.19.